The number of fused-ring (bicyclic) bond motifs is 3. The van der Waals surface area contributed by atoms with E-state index in [4.69, 9.17) is 4.74 Å². The highest BCUT2D eigenvalue weighted by molar-refractivity contribution is 5.87. The molecule has 3 saturated heterocycles. The minimum Gasteiger partial charge on any atom is -0.440 e. The monoisotopic (exact) mass is 495 g/mol. The zero-order valence-corrected chi connectivity index (χ0v) is 20.1. The number of halogens is 3. The van der Waals surface area contributed by atoms with Crippen LogP contribution in [-0.4, -0.2) is 42.9 Å². The summed E-state index contributed by atoms with van der Waals surface area (Å²) in [6, 6.07) is 18.4. The van der Waals surface area contributed by atoms with Gasteiger partial charge in [0.2, 0.25) is 0 Å². The summed E-state index contributed by atoms with van der Waals surface area (Å²) in [5, 5.41) is 0. The van der Waals surface area contributed by atoms with Crippen LogP contribution in [0.1, 0.15) is 24.0 Å². The molecule has 4 nitrogen and oxygen atoms in total. The van der Waals surface area contributed by atoms with Gasteiger partial charge >= 0.3 is 6.09 Å². The molecule has 188 valence electrons. The number of piperidine rings is 3. The molecule has 3 aliphatic heterocycles. The second kappa shape index (κ2) is 10.3. The lowest BCUT2D eigenvalue weighted by Crippen LogP contribution is -2.65. The van der Waals surface area contributed by atoms with Crippen LogP contribution in [0.5, 0.6) is 0 Å². The normalized spacial score (nSPS) is 22.9. The maximum atomic E-state index is 14.0. The molecule has 0 spiro atoms. The number of quaternary nitrogens is 1. The quantitative estimate of drug-likeness (QED) is 0.371. The van der Waals surface area contributed by atoms with Crippen LogP contribution in [0.15, 0.2) is 72.8 Å². The van der Waals surface area contributed by atoms with Crippen LogP contribution in [0.3, 0.4) is 0 Å². The third kappa shape index (κ3) is 5.57. The predicted octanol–water partition coefficient (Wildman–Crippen LogP) is 6.10. The van der Waals surface area contributed by atoms with Crippen molar-refractivity contribution in [3.8, 4) is 0 Å². The second-order valence-corrected chi connectivity index (χ2v) is 10.0. The Hall–Kier alpha value is -3.32. The van der Waals surface area contributed by atoms with Gasteiger partial charge in [0.1, 0.15) is 24.0 Å². The fourth-order valence-corrected chi connectivity index (χ4v) is 5.60. The first kappa shape index (κ1) is 24.4. The average Bonchev–Trinajstić information content (AvgIpc) is 2.88. The van der Waals surface area contributed by atoms with Gasteiger partial charge in [-0.2, -0.15) is 0 Å². The fourth-order valence-electron chi connectivity index (χ4n) is 5.60. The maximum Gasteiger partial charge on any atom is 0.415 e. The van der Waals surface area contributed by atoms with Gasteiger partial charge < -0.3 is 9.22 Å². The van der Waals surface area contributed by atoms with Gasteiger partial charge in [-0.05, 0) is 53.6 Å². The minimum absolute atomic E-state index is 0.138. The lowest BCUT2D eigenvalue weighted by Gasteiger charge is -2.52. The first-order valence-electron chi connectivity index (χ1n) is 12.5. The van der Waals surface area contributed by atoms with Crippen molar-refractivity contribution < 1.29 is 27.2 Å². The summed E-state index contributed by atoms with van der Waals surface area (Å²) in [5.41, 5.74) is 2.08. The van der Waals surface area contributed by atoms with Crippen molar-refractivity contribution >= 4 is 11.8 Å². The smallest absolute Gasteiger partial charge is 0.415 e. The molecule has 6 rings (SSSR count). The van der Waals surface area contributed by atoms with Crippen molar-refractivity contribution in [2.75, 3.05) is 31.1 Å². The minimum atomic E-state index is -0.535. The van der Waals surface area contributed by atoms with Crippen molar-refractivity contribution in [2.45, 2.75) is 31.9 Å². The Balaban J connectivity index is 1.30. The number of ether oxygens (including phenoxy) is 1. The zero-order valence-electron chi connectivity index (χ0n) is 20.1. The van der Waals surface area contributed by atoms with E-state index in [-0.39, 0.29) is 24.3 Å². The molecule has 0 N–H and O–H groups in total. The number of nitrogens with zero attached hydrogens (tertiary/aromatic N) is 2. The summed E-state index contributed by atoms with van der Waals surface area (Å²) in [4.78, 5) is 14.9. The van der Waals surface area contributed by atoms with E-state index in [0.29, 0.717) is 17.2 Å². The van der Waals surface area contributed by atoms with E-state index in [9.17, 15) is 18.0 Å². The third-order valence-electron chi connectivity index (χ3n) is 7.65. The average molecular weight is 496 g/mol. The molecule has 3 heterocycles. The molecule has 0 radical (unpaired) electrons. The van der Waals surface area contributed by atoms with Crippen LogP contribution in [0.25, 0.3) is 0 Å². The van der Waals surface area contributed by atoms with Crippen molar-refractivity contribution in [1.82, 2.24) is 0 Å². The lowest BCUT2D eigenvalue weighted by molar-refractivity contribution is -0.945. The van der Waals surface area contributed by atoms with Crippen molar-refractivity contribution in [3.63, 3.8) is 0 Å². The van der Waals surface area contributed by atoms with E-state index >= 15 is 0 Å². The molecule has 3 aliphatic rings. The highest BCUT2D eigenvalue weighted by Crippen LogP contribution is 2.36. The van der Waals surface area contributed by atoms with E-state index in [2.05, 4.69) is 0 Å². The van der Waals surface area contributed by atoms with Crippen LogP contribution >= 0.6 is 0 Å². The molecule has 7 heteroatoms. The highest BCUT2D eigenvalue weighted by atomic mass is 19.1. The molecule has 3 aromatic carbocycles. The molecule has 0 aromatic heterocycles. The molecule has 3 fully saturated rings. The van der Waals surface area contributed by atoms with Crippen LogP contribution in [-0.2, 0) is 17.7 Å². The fraction of sp³-hybridized carbons (Fsp3) is 0.345. The van der Waals surface area contributed by atoms with Crippen LogP contribution in [0.2, 0.25) is 0 Å². The summed E-state index contributed by atoms with van der Waals surface area (Å²) < 4.78 is 48.0. The molecule has 36 heavy (non-hydrogen) atoms. The predicted molar refractivity (Wildman–Crippen MR) is 132 cm³/mol. The standard InChI is InChI=1S/C29H30F3N2O2/c30-24-9-7-22(8-10-24)19-33(27-6-2-5-26(32)18-27)29(35)36-28-20-34(15-12-23(28)13-16-34)14-11-21-3-1-4-25(31)17-21/h1-10,17-18,23,28H,11-16,19-20H2/q+1. The molecule has 1 unspecified atom stereocenters. The molecule has 2 bridgehead atoms. The van der Waals surface area contributed by atoms with E-state index in [1.807, 2.05) is 6.07 Å². The summed E-state index contributed by atoms with van der Waals surface area (Å²) in [6.45, 7) is 3.78. The number of rotatable bonds is 7. The van der Waals surface area contributed by atoms with Crippen LogP contribution in [0, 0.1) is 23.4 Å². The van der Waals surface area contributed by atoms with Crippen molar-refractivity contribution in [1.29, 1.82) is 0 Å². The van der Waals surface area contributed by atoms with E-state index in [1.165, 1.54) is 35.2 Å². The molecule has 0 saturated carbocycles. The summed E-state index contributed by atoms with van der Waals surface area (Å²) >= 11 is 0. The second-order valence-electron chi connectivity index (χ2n) is 10.0. The van der Waals surface area contributed by atoms with Gasteiger partial charge in [0.25, 0.3) is 0 Å². The van der Waals surface area contributed by atoms with Crippen molar-refractivity contribution in [2.24, 2.45) is 5.92 Å². The molecule has 1 atom stereocenters. The number of hydrogen-bond donors (Lipinski definition) is 0. The Bertz CT molecular complexity index is 1210. The van der Waals surface area contributed by atoms with Crippen molar-refractivity contribution in [3.05, 3.63) is 101 Å². The largest absolute Gasteiger partial charge is 0.440 e. The number of amides is 1. The molecular formula is C29H30F3N2O2+. The lowest BCUT2D eigenvalue weighted by atomic mass is 9.83. The Labute approximate surface area is 209 Å². The summed E-state index contributed by atoms with van der Waals surface area (Å²) in [6.07, 6.45) is 1.94. The Morgan fingerprint density at radius 1 is 0.861 bits per heavy atom. The first-order chi connectivity index (χ1) is 17.4. The van der Waals surface area contributed by atoms with Gasteiger partial charge in [-0.25, -0.2) is 18.0 Å². The molecule has 0 aliphatic carbocycles. The Kier molecular flexibility index (Phi) is 7.01. The Morgan fingerprint density at radius 2 is 1.56 bits per heavy atom. The molecule has 3 aromatic rings. The van der Waals surface area contributed by atoms with Gasteiger partial charge in [0.15, 0.2) is 6.10 Å². The summed E-state index contributed by atoms with van der Waals surface area (Å²) in [5.74, 6) is -0.745. The molecule has 1 amide bonds. The van der Waals surface area contributed by atoms with E-state index in [1.54, 1.807) is 36.4 Å². The topological polar surface area (TPSA) is 29.5 Å². The zero-order chi connectivity index (χ0) is 25.1. The molecular weight excluding hydrogens is 465 g/mol. The van der Waals surface area contributed by atoms with E-state index in [0.717, 1.165) is 55.5 Å². The third-order valence-corrected chi connectivity index (χ3v) is 7.65. The first-order valence-corrected chi connectivity index (χ1v) is 12.5. The van der Waals surface area contributed by atoms with Gasteiger partial charge in [-0.1, -0.05) is 30.3 Å². The summed E-state index contributed by atoms with van der Waals surface area (Å²) in [7, 11) is 0. The number of carbonyl (C=O) groups is 1. The van der Waals surface area contributed by atoms with Gasteiger partial charge in [-0.15, -0.1) is 0 Å². The highest BCUT2D eigenvalue weighted by Gasteiger charge is 2.47. The van der Waals surface area contributed by atoms with Gasteiger partial charge in [0.05, 0.1) is 31.9 Å². The van der Waals surface area contributed by atoms with Crippen LogP contribution in [0.4, 0.5) is 23.7 Å². The van der Waals surface area contributed by atoms with E-state index < -0.39 is 11.9 Å². The van der Waals surface area contributed by atoms with Gasteiger partial charge in [0, 0.05) is 25.2 Å². The van der Waals surface area contributed by atoms with Gasteiger partial charge in [-0.3, -0.25) is 4.90 Å². The maximum absolute atomic E-state index is 14.0. The Morgan fingerprint density at radius 3 is 2.25 bits per heavy atom. The number of anilines is 1. The van der Waals surface area contributed by atoms with Crippen LogP contribution < -0.4 is 4.90 Å². The number of carbonyl (C=O) groups excluding carboxylic acids is 1. The number of hydrogen-bond acceptors (Lipinski definition) is 2. The SMILES string of the molecule is O=C(OC1C[N+]2(CCc3cccc(F)c3)CCC1CC2)N(Cc1ccc(F)cc1)c1cccc(F)c1. The number of benzene rings is 3.